The zero-order valence-corrected chi connectivity index (χ0v) is 31.5. The zero-order valence-electron chi connectivity index (χ0n) is 31.5. The summed E-state index contributed by atoms with van der Waals surface area (Å²) in [6.45, 7) is 11.8. The fourth-order valence-corrected chi connectivity index (χ4v) is 11.9. The van der Waals surface area contributed by atoms with Crippen molar-refractivity contribution < 1.29 is 0 Å². The maximum atomic E-state index is 2.69. The Morgan fingerprint density at radius 1 is 0.558 bits per heavy atom. The molecule has 11 rings (SSSR count). The van der Waals surface area contributed by atoms with Gasteiger partial charge in [-0.2, -0.15) is 0 Å². The van der Waals surface area contributed by atoms with Gasteiger partial charge in [-0.3, -0.25) is 0 Å². The standard InChI is InChI=1S/C51H51N/c1-32(2)40-16-8-9-17-41(40)43-26-37-14-6-7-15-38(37)27-48(43)52(39-21-22-42-46(28-39)50(4,5)45-19-12-13-33(3)49(42)45)47-20-11-10-18-44(47)51-29-34-23-35(30-51)25-36(24-34)31-51/h6-22,26-28,32,34-36H,23-25,29-31H2,1-5H3. The van der Waals surface area contributed by atoms with Crippen LogP contribution in [0.3, 0.4) is 0 Å². The Labute approximate surface area is 310 Å². The molecule has 0 amide bonds. The second kappa shape index (κ2) is 11.7. The van der Waals surface area contributed by atoms with Crippen molar-refractivity contribution >= 4 is 27.8 Å². The van der Waals surface area contributed by atoms with Gasteiger partial charge in [0, 0.05) is 22.4 Å². The second-order valence-electron chi connectivity index (χ2n) is 17.9. The lowest BCUT2D eigenvalue weighted by molar-refractivity contribution is -0.00491. The molecule has 0 aliphatic heterocycles. The molecule has 260 valence electrons. The summed E-state index contributed by atoms with van der Waals surface area (Å²) in [6, 6.07) is 47.0. The van der Waals surface area contributed by atoms with E-state index in [1.54, 1.807) is 5.56 Å². The van der Waals surface area contributed by atoms with Crippen LogP contribution >= 0.6 is 0 Å². The Morgan fingerprint density at radius 2 is 1.19 bits per heavy atom. The van der Waals surface area contributed by atoms with Gasteiger partial charge >= 0.3 is 0 Å². The van der Waals surface area contributed by atoms with E-state index >= 15 is 0 Å². The third-order valence-electron chi connectivity index (χ3n) is 13.9. The van der Waals surface area contributed by atoms with Crippen LogP contribution in [-0.2, 0) is 10.8 Å². The van der Waals surface area contributed by atoms with Gasteiger partial charge in [-0.25, -0.2) is 0 Å². The Balaban J connectivity index is 1.27. The number of hydrogen-bond acceptors (Lipinski definition) is 1. The minimum atomic E-state index is -0.0890. The van der Waals surface area contributed by atoms with E-state index < -0.39 is 0 Å². The van der Waals surface area contributed by atoms with Gasteiger partial charge in [-0.15, -0.1) is 0 Å². The maximum Gasteiger partial charge on any atom is 0.0546 e. The Bertz CT molecular complexity index is 2340. The monoisotopic (exact) mass is 677 g/mol. The first-order chi connectivity index (χ1) is 25.2. The number of fused-ring (bicyclic) bond motifs is 4. The van der Waals surface area contributed by atoms with Crippen molar-refractivity contribution in [1.82, 2.24) is 0 Å². The molecule has 6 aromatic rings. The van der Waals surface area contributed by atoms with Crippen LogP contribution in [0.4, 0.5) is 17.1 Å². The molecule has 0 unspecified atom stereocenters. The fraction of sp³-hybridized carbons (Fsp3) is 0.333. The van der Waals surface area contributed by atoms with Crippen LogP contribution in [0, 0.1) is 24.7 Å². The van der Waals surface area contributed by atoms with Crippen LogP contribution in [0.25, 0.3) is 33.0 Å². The highest BCUT2D eigenvalue weighted by molar-refractivity contribution is 6.00. The molecule has 4 saturated carbocycles. The van der Waals surface area contributed by atoms with E-state index in [-0.39, 0.29) is 10.8 Å². The number of anilines is 3. The lowest BCUT2D eigenvalue weighted by atomic mass is 9.48. The first-order valence-corrected chi connectivity index (χ1v) is 20.0. The molecular formula is C51H51N. The van der Waals surface area contributed by atoms with Crippen LogP contribution in [0.2, 0.25) is 0 Å². The SMILES string of the molecule is Cc1cccc2c1-c1ccc(N(c3cc4ccccc4cc3-c3ccccc3C(C)C)c3ccccc3C34CC5CC(CC(C5)C3)C4)cc1C2(C)C. The minimum Gasteiger partial charge on any atom is -0.310 e. The van der Waals surface area contributed by atoms with Crippen molar-refractivity contribution in [3.05, 3.63) is 149 Å². The van der Waals surface area contributed by atoms with Crippen LogP contribution in [-0.4, -0.2) is 0 Å². The molecule has 5 aliphatic carbocycles. The predicted octanol–water partition coefficient (Wildman–Crippen LogP) is 14.2. The number of hydrogen-bond donors (Lipinski definition) is 0. The average molecular weight is 678 g/mol. The summed E-state index contributed by atoms with van der Waals surface area (Å²) in [4.78, 5) is 2.69. The fourth-order valence-electron chi connectivity index (χ4n) is 11.9. The molecule has 4 bridgehead atoms. The highest BCUT2D eigenvalue weighted by Crippen LogP contribution is 2.63. The van der Waals surface area contributed by atoms with Gasteiger partial charge in [-0.1, -0.05) is 119 Å². The van der Waals surface area contributed by atoms with Gasteiger partial charge in [0.05, 0.1) is 5.69 Å². The molecule has 0 atom stereocenters. The van der Waals surface area contributed by atoms with E-state index in [9.17, 15) is 0 Å². The van der Waals surface area contributed by atoms with Crippen molar-refractivity contribution in [3.63, 3.8) is 0 Å². The molecule has 0 spiro atoms. The first kappa shape index (κ1) is 32.1. The molecule has 4 fully saturated rings. The van der Waals surface area contributed by atoms with E-state index in [0.29, 0.717) is 5.92 Å². The van der Waals surface area contributed by atoms with Gasteiger partial charge in [0.2, 0.25) is 0 Å². The second-order valence-corrected chi connectivity index (χ2v) is 17.9. The minimum absolute atomic E-state index is 0.0890. The summed E-state index contributed by atoms with van der Waals surface area (Å²) in [6.07, 6.45) is 8.38. The summed E-state index contributed by atoms with van der Waals surface area (Å²) in [7, 11) is 0. The van der Waals surface area contributed by atoms with Crippen molar-refractivity contribution in [3.8, 4) is 22.3 Å². The number of para-hydroxylation sites is 1. The lowest BCUT2D eigenvalue weighted by Crippen LogP contribution is -2.48. The summed E-state index contributed by atoms with van der Waals surface area (Å²) >= 11 is 0. The Hall–Kier alpha value is -4.62. The highest BCUT2D eigenvalue weighted by atomic mass is 15.1. The Morgan fingerprint density at radius 3 is 1.92 bits per heavy atom. The van der Waals surface area contributed by atoms with Crippen LogP contribution in [0.5, 0.6) is 0 Å². The number of aryl methyl sites for hydroxylation is 1. The van der Waals surface area contributed by atoms with Crippen LogP contribution in [0.1, 0.15) is 100.0 Å². The van der Waals surface area contributed by atoms with Crippen LogP contribution in [0.15, 0.2) is 121 Å². The average Bonchev–Trinajstić information content (AvgIpc) is 3.37. The highest BCUT2D eigenvalue weighted by Gasteiger charge is 2.52. The summed E-state index contributed by atoms with van der Waals surface area (Å²) in [5.41, 5.74) is 16.7. The molecule has 0 radical (unpaired) electrons. The maximum absolute atomic E-state index is 2.69. The largest absolute Gasteiger partial charge is 0.310 e. The van der Waals surface area contributed by atoms with E-state index in [4.69, 9.17) is 0 Å². The summed E-state index contributed by atoms with van der Waals surface area (Å²) in [5, 5.41) is 2.57. The Kier molecular flexibility index (Phi) is 7.21. The number of nitrogens with zero attached hydrogens (tertiary/aromatic N) is 1. The van der Waals surface area contributed by atoms with E-state index in [1.165, 1.54) is 111 Å². The summed E-state index contributed by atoms with van der Waals surface area (Å²) in [5.74, 6) is 3.05. The normalized spacial score (nSPS) is 23.6. The molecule has 52 heavy (non-hydrogen) atoms. The van der Waals surface area contributed by atoms with Gasteiger partial charge in [0.25, 0.3) is 0 Å². The molecule has 1 heteroatoms. The molecule has 0 aromatic heterocycles. The number of rotatable bonds is 6. The summed E-state index contributed by atoms with van der Waals surface area (Å²) < 4.78 is 0. The third kappa shape index (κ3) is 4.81. The van der Waals surface area contributed by atoms with Gasteiger partial charge in [-0.05, 0) is 160 Å². The number of benzene rings is 6. The molecular weight excluding hydrogens is 627 g/mol. The molecule has 1 nitrogen and oxygen atoms in total. The van der Waals surface area contributed by atoms with Crippen LogP contribution < -0.4 is 4.90 Å². The molecule has 5 aliphatic rings. The van der Waals surface area contributed by atoms with Gasteiger partial charge < -0.3 is 4.90 Å². The third-order valence-corrected chi connectivity index (χ3v) is 13.9. The van der Waals surface area contributed by atoms with E-state index in [1.807, 2.05) is 0 Å². The topological polar surface area (TPSA) is 3.24 Å². The van der Waals surface area contributed by atoms with E-state index in [0.717, 1.165) is 17.8 Å². The lowest BCUT2D eigenvalue weighted by Gasteiger charge is -2.57. The molecule has 0 N–H and O–H groups in total. The van der Waals surface area contributed by atoms with Gasteiger partial charge in [0.1, 0.15) is 0 Å². The first-order valence-electron chi connectivity index (χ1n) is 20.0. The van der Waals surface area contributed by atoms with Crippen molar-refractivity contribution in [2.75, 3.05) is 4.90 Å². The van der Waals surface area contributed by atoms with Crippen molar-refractivity contribution in [2.45, 2.75) is 89.9 Å². The zero-order chi connectivity index (χ0) is 35.4. The predicted molar refractivity (Wildman–Crippen MR) is 220 cm³/mol. The van der Waals surface area contributed by atoms with E-state index in [2.05, 4.69) is 161 Å². The molecule has 6 aromatic carbocycles. The molecule has 0 saturated heterocycles. The quantitative estimate of drug-likeness (QED) is 0.170. The van der Waals surface area contributed by atoms with Crippen molar-refractivity contribution in [1.29, 1.82) is 0 Å². The van der Waals surface area contributed by atoms with Crippen molar-refractivity contribution in [2.24, 2.45) is 17.8 Å². The smallest absolute Gasteiger partial charge is 0.0546 e. The van der Waals surface area contributed by atoms with Gasteiger partial charge in [0.15, 0.2) is 0 Å². The molecule has 0 heterocycles.